The first kappa shape index (κ1) is 16.7. The van der Waals surface area contributed by atoms with Gasteiger partial charge in [-0.25, -0.2) is 9.37 Å². The minimum Gasteiger partial charge on any atom is -0.508 e. The van der Waals surface area contributed by atoms with Crippen LogP contribution in [-0.4, -0.2) is 22.7 Å². The van der Waals surface area contributed by atoms with Crippen LogP contribution in [0.4, 0.5) is 4.39 Å². The van der Waals surface area contributed by atoms with Crippen LogP contribution in [0.3, 0.4) is 0 Å². The zero-order valence-electron chi connectivity index (χ0n) is 13.5. The van der Waals surface area contributed by atoms with Crippen molar-refractivity contribution in [1.29, 1.82) is 0 Å². The van der Waals surface area contributed by atoms with Crippen molar-refractivity contribution in [3.63, 3.8) is 0 Å². The number of carbonyl (C=O) groups is 1. The van der Waals surface area contributed by atoms with E-state index in [1.807, 2.05) is 0 Å². The van der Waals surface area contributed by atoms with Gasteiger partial charge in [-0.2, -0.15) is 0 Å². The second-order valence-electron chi connectivity index (χ2n) is 5.35. The van der Waals surface area contributed by atoms with E-state index in [1.165, 1.54) is 42.8 Å². The Balaban J connectivity index is 2.10. The molecule has 2 aromatic carbocycles. The number of aromatic nitrogens is 1. The highest BCUT2D eigenvalue weighted by atomic mass is 19.1. The van der Waals surface area contributed by atoms with Gasteiger partial charge in [0.05, 0.1) is 6.61 Å². The molecule has 0 aliphatic carbocycles. The Hall–Kier alpha value is -3.15. The van der Waals surface area contributed by atoms with Gasteiger partial charge in [0.1, 0.15) is 23.2 Å². The molecule has 0 radical (unpaired) electrons. The lowest BCUT2D eigenvalue weighted by molar-refractivity contribution is -0.143. The lowest BCUT2D eigenvalue weighted by Gasteiger charge is -2.15. The molecule has 1 heterocycles. The van der Waals surface area contributed by atoms with Crippen LogP contribution in [0.2, 0.25) is 0 Å². The molecule has 6 heteroatoms. The van der Waals surface area contributed by atoms with E-state index in [4.69, 9.17) is 9.15 Å². The fraction of sp³-hybridized carbons (Fsp3) is 0.158. The molecule has 25 heavy (non-hydrogen) atoms. The van der Waals surface area contributed by atoms with Gasteiger partial charge in [0.25, 0.3) is 0 Å². The van der Waals surface area contributed by atoms with Crippen LogP contribution in [0.25, 0.3) is 11.3 Å². The summed E-state index contributed by atoms with van der Waals surface area (Å²) in [5.41, 5.74) is 1.45. The van der Waals surface area contributed by atoms with Gasteiger partial charge in [0.2, 0.25) is 0 Å². The van der Waals surface area contributed by atoms with E-state index in [0.29, 0.717) is 22.6 Å². The first-order valence-corrected chi connectivity index (χ1v) is 7.75. The molecule has 0 saturated carbocycles. The van der Waals surface area contributed by atoms with Gasteiger partial charge in [-0.1, -0.05) is 24.3 Å². The predicted octanol–water partition coefficient (Wildman–Crippen LogP) is 3.88. The number of esters is 1. The summed E-state index contributed by atoms with van der Waals surface area (Å²) in [6, 6.07) is 12.0. The molecule has 0 fully saturated rings. The summed E-state index contributed by atoms with van der Waals surface area (Å²) in [6.07, 6.45) is 1.23. The highest BCUT2D eigenvalue weighted by molar-refractivity contribution is 5.84. The number of hydrogen-bond acceptors (Lipinski definition) is 5. The number of phenols is 1. The largest absolute Gasteiger partial charge is 0.508 e. The summed E-state index contributed by atoms with van der Waals surface area (Å²) in [4.78, 5) is 16.7. The van der Waals surface area contributed by atoms with Crippen molar-refractivity contribution < 1.29 is 23.4 Å². The molecule has 0 saturated heterocycles. The van der Waals surface area contributed by atoms with Crippen molar-refractivity contribution >= 4 is 5.97 Å². The Morgan fingerprint density at radius 3 is 2.72 bits per heavy atom. The first-order valence-electron chi connectivity index (χ1n) is 7.75. The zero-order valence-corrected chi connectivity index (χ0v) is 13.5. The van der Waals surface area contributed by atoms with E-state index in [9.17, 15) is 14.3 Å². The first-order chi connectivity index (χ1) is 12.1. The lowest BCUT2D eigenvalue weighted by atomic mass is 9.93. The molecular weight excluding hydrogens is 325 g/mol. The molecule has 0 amide bonds. The molecule has 5 nitrogen and oxygen atoms in total. The zero-order chi connectivity index (χ0) is 17.8. The Bertz CT molecular complexity index is 873. The Morgan fingerprint density at radius 2 is 2.04 bits per heavy atom. The van der Waals surface area contributed by atoms with Gasteiger partial charge in [0.15, 0.2) is 12.2 Å². The topological polar surface area (TPSA) is 72.6 Å². The molecule has 0 bridgehead atoms. The van der Waals surface area contributed by atoms with E-state index >= 15 is 0 Å². The van der Waals surface area contributed by atoms with Gasteiger partial charge in [-0.05, 0) is 36.8 Å². The summed E-state index contributed by atoms with van der Waals surface area (Å²) in [7, 11) is 0. The van der Waals surface area contributed by atoms with Crippen LogP contribution in [0.15, 0.2) is 59.3 Å². The number of halogens is 1. The molecule has 0 aliphatic heterocycles. The number of carbonyl (C=O) groups excluding carboxylic acids is 1. The molecule has 0 spiro atoms. The van der Waals surface area contributed by atoms with Gasteiger partial charge in [-0.3, -0.25) is 4.79 Å². The number of oxazole rings is 1. The van der Waals surface area contributed by atoms with Crippen LogP contribution in [0.5, 0.6) is 5.75 Å². The quantitative estimate of drug-likeness (QED) is 0.713. The second kappa shape index (κ2) is 7.17. The van der Waals surface area contributed by atoms with Gasteiger partial charge in [0, 0.05) is 5.56 Å². The highest BCUT2D eigenvalue weighted by Gasteiger charge is 2.30. The van der Waals surface area contributed by atoms with Crippen LogP contribution in [0, 0.1) is 5.82 Å². The maximum atomic E-state index is 13.3. The fourth-order valence-electron chi connectivity index (χ4n) is 2.61. The smallest absolute Gasteiger partial charge is 0.319 e. The van der Waals surface area contributed by atoms with Crippen molar-refractivity contribution in [1.82, 2.24) is 4.98 Å². The van der Waals surface area contributed by atoms with Crippen LogP contribution < -0.4 is 0 Å². The van der Waals surface area contributed by atoms with E-state index in [-0.39, 0.29) is 12.4 Å². The van der Waals surface area contributed by atoms with Crippen LogP contribution >= 0.6 is 0 Å². The number of nitrogens with zero attached hydrogens (tertiary/aromatic N) is 1. The fourth-order valence-corrected chi connectivity index (χ4v) is 2.61. The Kier molecular flexibility index (Phi) is 4.79. The standard InChI is InChI=1S/C19H16FNO4/c1-2-24-19(23)16(12-6-8-14(20)9-7-12)17-18(25-11-21-17)13-4-3-5-15(22)10-13/h3-11,16,22H,2H2,1H3. The summed E-state index contributed by atoms with van der Waals surface area (Å²) in [5.74, 6) is -1.37. The van der Waals surface area contributed by atoms with E-state index < -0.39 is 17.7 Å². The van der Waals surface area contributed by atoms with Crippen molar-refractivity contribution in [3.8, 4) is 17.1 Å². The molecule has 1 N–H and O–H groups in total. The predicted molar refractivity (Wildman–Crippen MR) is 88.5 cm³/mol. The third-order valence-corrected chi connectivity index (χ3v) is 3.70. The molecular formula is C19H16FNO4. The summed E-state index contributed by atoms with van der Waals surface area (Å²) >= 11 is 0. The monoisotopic (exact) mass is 341 g/mol. The average Bonchev–Trinajstić information content (AvgIpc) is 3.06. The molecule has 128 valence electrons. The SMILES string of the molecule is CCOC(=O)C(c1ccc(F)cc1)c1ncoc1-c1cccc(O)c1. The number of rotatable bonds is 5. The van der Waals surface area contributed by atoms with Crippen molar-refractivity contribution in [2.75, 3.05) is 6.61 Å². The number of hydrogen-bond donors (Lipinski definition) is 1. The number of aromatic hydroxyl groups is 1. The third-order valence-electron chi connectivity index (χ3n) is 3.70. The Labute approximate surface area is 143 Å². The minimum atomic E-state index is -0.864. The highest BCUT2D eigenvalue weighted by Crippen LogP contribution is 2.34. The Morgan fingerprint density at radius 1 is 1.28 bits per heavy atom. The molecule has 1 aromatic heterocycles. The lowest BCUT2D eigenvalue weighted by Crippen LogP contribution is -2.18. The molecule has 1 unspecified atom stereocenters. The van der Waals surface area contributed by atoms with Crippen LogP contribution in [0.1, 0.15) is 24.1 Å². The average molecular weight is 341 g/mol. The summed E-state index contributed by atoms with van der Waals surface area (Å²) in [6.45, 7) is 1.91. The van der Waals surface area contributed by atoms with E-state index in [1.54, 1.807) is 19.1 Å². The van der Waals surface area contributed by atoms with Gasteiger partial charge < -0.3 is 14.3 Å². The van der Waals surface area contributed by atoms with Gasteiger partial charge >= 0.3 is 5.97 Å². The number of ether oxygens (including phenoxy) is 1. The second-order valence-corrected chi connectivity index (χ2v) is 5.35. The third kappa shape index (κ3) is 3.52. The summed E-state index contributed by atoms with van der Waals surface area (Å²) in [5, 5.41) is 9.69. The number of phenolic OH excluding ortho intramolecular Hbond substituents is 1. The molecule has 3 rings (SSSR count). The van der Waals surface area contributed by atoms with Crippen LogP contribution in [-0.2, 0) is 9.53 Å². The molecule has 0 aliphatic rings. The van der Waals surface area contributed by atoms with Crippen molar-refractivity contribution in [3.05, 3.63) is 72.0 Å². The molecule has 1 atom stereocenters. The van der Waals surface area contributed by atoms with Crippen molar-refractivity contribution in [2.24, 2.45) is 0 Å². The van der Waals surface area contributed by atoms with Gasteiger partial charge in [-0.15, -0.1) is 0 Å². The summed E-state index contributed by atoms with van der Waals surface area (Å²) < 4.78 is 23.9. The maximum absolute atomic E-state index is 13.3. The van der Waals surface area contributed by atoms with E-state index in [0.717, 1.165) is 0 Å². The maximum Gasteiger partial charge on any atom is 0.319 e. The normalized spacial score (nSPS) is 11.9. The number of benzene rings is 2. The van der Waals surface area contributed by atoms with Crippen molar-refractivity contribution in [2.45, 2.75) is 12.8 Å². The minimum absolute atomic E-state index is 0.0642. The molecule has 3 aromatic rings. The van der Waals surface area contributed by atoms with E-state index in [2.05, 4.69) is 4.98 Å².